The fourth-order valence-electron chi connectivity index (χ4n) is 8.74. The molecule has 2 aromatic heterocycles. The molecular weight excluding hydrogens is 633 g/mol. The summed E-state index contributed by atoms with van der Waals surface area (Å²) in [4.78, 5) is 0. The van der Waals surface area contributed by atoms with Crippen molar-refractivity contribution < 1.29 is 0 Å². The van der Waals surface area contributed by atoms with Crippen LogP contribution in [0.2, 0.25) is 0 Å². The molecule has 0 radical (unpaired) electrons. The fourth-order valence-corrected chi connectivity index (χ4v) is 8.74. The third-order valence-corrected chi connectivity index (χ3v) is 10.9. The lowest BCUT2D eigenvalue weighted by molar-refractivity contribution is 1.09. The topological polar surface area (TPSA) is 57.4 Å². The third kappa shape index (κ3) is 3.73. The Morgan fingerprint density at radius 3 is 0.865 bits per heavy atom. The van der Waals surface area contributed by atoms with Gasteiger partial charge in [-0.25, -0.2) is 0 Å². The Balaban J connectivity index is 1.38. The van der Waals surface area contributed by atoms with Gasteiger partial charge in [-0.2, -0.15) is 10.5 Å². The molecule has 0 fully saturated rings. The first-order valence-electron chi connectivity index (χ1n) is 17.4. The summed E-state index contributed by atoms with van der Waals surface area (Å²) in [6, 6.07) is 60.3. The lowest BCUT2D eigenvalue weighted by Crippen LogP contribution is -2.05. The van der Waals surface area contributed by atoms with E-state index in [9.17, 15) is 10.5 Å². The molecule has 11 rings (SSSR count). The van der Waals surface area contributed by atoms with Gasteiger partial charge in [0.25, 0.3) is 0 Å². The summed E-state index contributed by atoms with van der Waals surface area (Å²) >= 11 is 0. The molecule has 52 heavy (non-hydrogen) atoms. The van der Waals surface area contributed by atoms with Crippen molar-refractivity contribution in [2.45, 2.75) is 0 Å². The number of nitriles is 2. The summed E-state index contributed by atoms with van der Waals surface area (Å²) in [5.74, 6) is 0. The highest BCUT2D eigenvalue weighted by molar-refractivity contribution is 6.30. The number of hydrogen-bond acceptors (Lipinski definition) is 2. The zero-order valence-electron chi connectivity index (χ0n) is 27.8. The number of hydrogen-bond donors (Lipinski definition) is 0. The van der Waals surface area contributed by atoms with E-state index in [1.54, 1.807) is 0 Å². The van der Waals surface area contributed by atoms with Crippen molar-refractivity contribution in [1.29, 1.82) is 10.5 Å². The molecule has 0 unspecified atom stereocenters. The molecule has 4 nitrogen and oxygen atoms in total. The molecule has 11 aromatic rings. The maximum atomic E-state index is 10.5. The second-order valence-electron chi connectivity index (χ2n) is 13.5. The first-order valence-corrected chi connectivity index (χ1v) is 17.4. The Labute approximate surface area is 297 Å². The minimum atomic E-state index is 0.342. The smallest absolute Gasteiger partial charge is 0.101 e. The van der Waals surface area contributed by atoms with E-state index in [1.165, 1.54) is 43.1 Å². The highest BCUT2D eigenvalue weighted by Crippen LogP contribution is 2.45. The molecule has 0 aliphatic heterocycles. The van der Waals surface area contributed by atoms with Crippen molar-refractivity contribution in [3.63, 3.8) is 0 Å². The van der Waals surface area contributed by atoms with E-state index in [4.69, 9.17) is 0 Å². The minimum absolute atomic E-state index is 0.342. The van der Waals surface area contributed by atoms with Crippen LogP contribution in [0, 0.1) is 22.7 Å². The van der Waals surface area contributed by atoms with Gasteiger partial charge < -0.3 is 9.13 Å². The van der Waals surface area contributed by atoms with Crippen LogP contribution >= 0.6 is 0 Å². The first-order chi connectivity index (χ1) is 25.7. The lowest BCUT2D eigenvalue weighted by atomic mass is 10.00. The number of aromatic nitrogens is 2. The molecule has 0 aliphatic carbocycles. The van der Waals surface area contributed by atoms with Crippen molar-refractivity contribution in [1.82, 2.24) is 9.13 Å². The fraction of sp³-hybridized carbons (Fsp3) is 0. The molecule has 4 heteroatoms. The maximum absolute atomic E-state index is 10.5. The van der Waals surface area contributed by atoms with Gasteiger partial charge in [-0.1, -0.05) is 121 Å². The number of rotatable bonds is 2. The molecular formula is C48H26N4. The molecule has 0 bridgehead atoms. The van der Waals surface area contributed by atoms with Crippen molar-refractivity contribution in [2.75, 3.05) is 0 Å². The standard InChI is InChI=1S/C48H26N4/c49-27-33-25-43(51-39-21-17-29-9-1-5-13-35(29)45(39)46-36-14-6-2-10-30(36)18-22-40(46)51)44(26-34(33)28-50)52-41-23-19-31-11-3-7-15-37(31)47(41)48-38-16-8-4-12-32(38)20-24-42(48)52/h1-26H. The molecule has 0 N–H and O–H groups in total. The van der Waals surface area contributed by atoms with E-state index < -0.39 is 0 Å². The highest BCUT2D eigenvalue weighted by atomic mass is 15.1. The summed E-state index contributed by atoms with van der Waals surface area (Å²) in [5, 5.41) is 34.9. The summed E-state index contributed by atoms with van der Waals surface area (Å²) in [7, 11) is 0. The SMILES string of the molecule is N#Cc1cc(-n2c3ccc4ccccc4c3c3c4ccccc4ccc32)c(-n2c3ccc4ccccc4c3c3c4ccccc4ccc32)cc1C#N. The molecule has 238 valence electrons. The summed E-state index contributed by atoms with van der Waals surface area (Å²) in [6.45, 7) is 0. The van der Waals surface area contributed by atoms with E-state index in [0.717, 1.165) is 55.0 Å². The van der Waals surface area contributed by atoms with Gasteiger partial charge in [0.15, 0.2) is 0 Å². The molecule has 9 aromatic carbocycles. The highest BCUT2D eigenvalue weighted by Gasteiger charge is 2.24. The van der Waals surface area contributed by atoms with Gasteiger partial charge in [0.1, 0.15) is 12.1 Å². The van der Waals surface area contributed by atoms with Gasteiger partial charge in [0.2, 0.25) is 0 Å². The summed E-state index contributed by atoms with van der Waals surface area (Å²) < 4.78 is 4.61. The second-order valence-corrected chi connectivity index (χ2v) is 13.5. The predicted molar refractivity (Wildman–Crippen MR) is 215 cm³/mol. The average molecular weight is 659 g/mol. The quantitative estimate of drug-likeness (QED) is 0.186. The zero-order chi connectivity index (χ0) is 34.5. The Bertz CT molecular complexity index is 3020. The van der Waals surface area contributed by atoms with Crippen LogP contribution in [0.1, 0.15) is 11.1 Å². The van der Waals surface area contributed by atoms with Gasteiger partial charge in [-0.05, 0) is 79.5 Å². The van der Waals surface area contributed by atoms with Crippen LogP contribution in [0.5, 0.6) is 0 Å². The van der Waals surface area contributed by atoms with Crippen molar-refractivity contribution in [3.8, 4) is 23.5 Å². The summed E-state index contributed by atoms with van der Waals surface area (Å²) in [6.07, 6.45) is 0. The third-order valence-electron chi connectivity index (χ3n) is 10.9. The molecule has 0 atom stereocenters. The largest absolute Gasteiger partial charge is 0.307 e. The number of benzene rings is 9. The van der Waals surface area contributed by atoms with Gasteiger partial charge >= 0.3 is 0 Å². The maximum Gasteiger partial charge on any atom is 0.101 e. The monoisotopic (exact) mass is 658 g/mol. The van der Waals surface area contributed by atoms with Crippen molar-refractivity contribution in [3.05, 3.63) is 169 Å². The van der Waals surface area contributed by atoms with E-state index in [0.29, 0.717) is 11.1 Å². The van der Waals surface area contributed by atoms with Crippen molar-refractivity contribution >= 4 is 86.7 Å². The first kappa shape index (κ1) is 28.4. The van der Waals surface area contributed by atoms with E-state index in [2.05, 4.69) is 167 Å². The van der Waals surface area contributed by atoms with Gasteiger partial charge in [0, 0.05) is 21.5 Å². The Hall–Kier alpha value is -7.40. The average Bonchev–Trinajstić information content (AvgIpc) is 3.74. The van der Waals surface area contributed by atoms with Crippen LogP contribution in [0.3, 0.4) is 0 Å². The normalized spacial score (nSPS) is 11.8. The van der Waals surface area contributed by atoms with E-state index in [-0.39, 0.29) is 0 Å². The molecule has 0 aliphatic rings. The van der Waals surface area contributed by atoms with Gasteiger partial charge in [-0.3, -0.25) is 0 Å². The van der Waals surface area contributed by atoms with Gasteiger partial charge in [-0.15, -0.1) is 0 Å². The van der Waals surface area contributed by atoms with E-state index in [1.807, 2.05) is 12.1 Å². The Kier molecular flexibility index (Phi) is 5.77. The molecule has 0 amide bonds. The molecule has 0 spiro atoms. The van der Waals surface area contributed by atoms with Gasteiger partial charge in [0.05, 0.1) is 44.6 Å². The minimum Gasteiger partial charge on any atom is -0.307 e. The summed E-state index contributed by atoms with van der Waals surface area (Å²) in [5.41, 5.74) is 6.51. The molecule has 2 heterocycles. The number of nitrogens with zero attached hydrogens (tertiary/aromatic N) is 4. The lowest BCUT2D eigenvalue weighted by Gasteiger charge is -2.18. The number of fused-ring (bicyclic) bond motifs is 14. The van der Waals surface area contributed by atoms with Crippen LogP contribution in [0.25, 0.3) is 98.1 Å². The van der Waals surface area contributed by atoms with E-state index >= 15 is 0 Å². The van der Waals surface area contributed by atoms with Crippen molar-refractivity contribution in [2.24, 2.45) is 0 Å². The second kappa shape index (κ2) is 10.6. The van der Waals surface area contributed by atoms with Crippen LogP contribution < -0.4 is 0 Å². The molecule has 0 saturated heterocycles. The molecule has 0 saturated carbocycles. The van der Waals surface area contributed by atoms with Crippen LogP contribution in [0.15, 0.2) is 158 Å². The zero-order valence-corrected chi connectivity index (χ0v) is 27.8. The van der Waals surface area contributed by atoms with Crippen LogP contribution in [-0.2, 0) is 0 Å². The van der Waals surface area contributed by atoms with Crippen LogP contribution in [0.4, 0.5) is 0 Å². The Morgan fingerprint density at radius 2 is 0.596 bits per heavy atom. The van der Waals surface area contributed by atoms with Crippen LogP contribution in [-0.4, -0.2) is 9.13 Å². The predicted octanol–water partition coefficient (Wildman–Crippen LogP) is 12.2. The Morgan fingerprint density at radius 1 is 0.327 bits per heavy atom.